The second kappa shape index (κ2) is 7.17. The van der Waals surface area contributed by atoms with Crippen molar-refractivity contribution < 1.29 is 8.42 Å². The molecule has 26 heavy (non-hydrogen) atoms. The summed E-state index contributed by atoms with van der Waals surface area (Å²) in [5, 5.41) is 3.33. The van der Waals surface area contributed by atoms with Gasteiger partial charge in [-0.15, -0.1) is 0 Å². The Hall–Kier alpha value is -2.86. The number of hydrogen-bond donors (Lipinski definition) is 2. The van der Waals surface area contributed by atoms with Crippen LogP contribution >= 0.6 is 0 Å². The van der Waals surface area contributed by atoms with Gasteiger partial charge in [0.15, 0.2) is 0 Å². The van der Waals surface area contributed by atoms with Crippen LogP contribution in [-0.2, 0) is 10.0 Å². The summed E-state index contributed by atoms with van der Waals surface area (Å²) in [7, 11) is -3.65. The molecule has 5 nitrogen and oxygen atoms in total. The Morgan fingerprint density at radius 3 is 2.08 bits per heavy atom. The summed E-state index contributed by atoms with van der Waals surface area (Å²) >= 11 is 0. The van der Waals surface area contributed by atoms with E-state index >= 15 is 0 Å². The van der Waals surface area contributed by atoms with Crippen LogP contribution < -0.4 is 10.0 Å². The maximum Gasteiger partial charge on any atom is 0.263 e. The van der Waals surface area contributed by atoms with Gasteiger partial charge in [-0.2, -0.15) is 0 Å². The third-order valence-electron chi connectivity index (χ3n) is 4.08. The SMILES string of the molecule is Cc1ccc(S(=O)(=O)Nc2ccc(Nc3c(C)cccc3C)cn2)cc1. The van der Waals surface area contributed by atoms with Crippen molar-refractivity contribution in [2.24, 2.45) is 0 Å². The summed E-state index contributed by atoms with van der Waals surface area (Å²) in [4.78, 5) is 4.42. The van der Waals surface area contributed by atoms with Crippen LogP contribution in [0.15, 0.2) is 65.7 Å². The highest BCUT2D eigenvalue weighted by molar-refractivity contribution is 7.92. The van der Waals surface area contributed by atoms with E-state index in [2.05, 4.69) is 15.0 Å². The fraction of sp³-hybridized carbons (Fsp3) is 0.150. The molecule has 0 bridgehead atoms. The summed E-state index contributed by atoms with van der Waals surface area (Å²) in [6.07, 6.45) is 1.61. The van der Waals surface area contributed by atoms with E-state index in [1.165, 1.54) is 0 Å². The number of pyridine rings is 1. The van der Waals surface area contributed by atoms with Gasteiger partial charge in [0, 0.05) is 5.69 Å². The fourth-order valence-electron chi connectivity index (χ4n) is 2.60. The Balaban J connectivity index is 1.76. The molecule has 0 unspecified atom stereocenters. The number of aromatic nitrogens is 1. The molecule has 2 aromatic carbocycles. The van der Waals surface area contributed by atoms with Gasteiger partial charge in [0.2, 0.25) is 0 Å². The van der Waals surface area contributed by atoms with Crippen molar-refractivity contribution in [2.75, 3.05) is 10.0 Å². The number of para-hydroxylation sites is 1. The number of hydrogen-bond acceptors (Lipinski definition) is 4. The Morgan fingerprint density at radius 1 is 0.846 bits per heavy atom. The molecule has 3 aromatic rings. The minimum Gasteiger partial charge on any atom is -0.354 e. The molecule has 3 rings (SSSR count). The van der Waals surface area contributed by atoms with E-state index in [0.29, 0.717) is 0 Å². The zero-order chi connectivity index (χ0) is 18.7. The lowest BCUT2D eigenvalue weighted by Crippen LogP contribution is -2.13. The molecule has 0 aliphatic heterocycles. The van der Waals surface area contributed by atoms with Crippen molar-refractivity contribution >= 4 is 27.2 Å². The highest BCUT2D eigenvalue weighted by Gasteiger charge is 2.14. The van der Waals surface area contributed by atoms with Crippen LogP contribution in [0.3, 0.4) is 0 Å². The van der Waals surface area contributed by atoms with Crippen LogP contribution in [0, 0.1) is 20.8 Å². The van der Waals surface area contributed by atoms with Crippen LogP contribution in [0.2, 0.25) is 0 Å². The van der Waals surface area contributed by atoms with Gasteiger partial charge >= 0.3 is 0 Å². The van der Waals surface area contributed by atoms with Gasteiger partial charge in [-0.1, -0.05) is 35.9 Å². The van der Waals surface area contributed by atoms with Crippen molar-refractivity contribution in [3.05, 3.63) is 77.5 Å². The number of anilines is 3. The molecule has 0 atom stereocenters. The number of aryl methyl sites for hydroxylation is 3. The van der Waals surface area contributed by atoms with Crippen LogP contribution in [0.25, 0.3) is 0 Å². The highest BCUT2D eigenvalue weighted by Crippen LogP contribution is 2.24. The molecular formula is C20H21N3O2S. The smallest absolute Gasteiger partial charge is 0.263 e. The zero-order valence-electron chi connectivity index (χ0n) is 14.9. The van der Waals surface area contributed by atoms with Crippen LogP contribution in [0.5, 0.6) is 0 Å². The first-order valence-electron chi connectivity index (χ1n) is 8.24. The molecule has 0 aliphatic rings. The van der Waals surface area contributed by atoms with Gasteiger partial charge in [-0.3, -0.25) is 4.72 Å². The molecule has 0 saturated carbocycles. The highest BCUT2D eigenvalue weighted by atomic mass is 32.2. The van der Waals surface area contributed by atoms with Gasteiger partial charge in [0.25, 0.3) is 10.0 Å². The van der Waals surface area contributed by atoms with Crippen LogP contribution in [0.4, 0.5) is 17.2 Å². The van der Waals surface area contributed by atoms with E-state index in [9.17, 15) is 8.42 Å². The summed E-state index contributed by atoms with van der Waals surface area (Å²) in [6.45, 7) is 5.98. The second-order valence-electron chi connectivity index (χ2n) is 6.24. The molecule has 6 heteroatoms. The van der Waals surface area contributed by atoms with E-state index < -0.39 is 10.0 Å². The molecule has 0 fully saturated rings. The van der Waals surface area contributed by atoms with E-state index in [4.69, 9.17) is 0 Å². The lowest BCUT2D eigenvalue weighted by atomic mass is 10.1. The van der Waals surface area contributed by atoms with Crippen molar-refractivity contribution in [2.45, 2.75) is 25.7 Å². The molecule has 0 saturated heterocycles. The average molecular weight is 367 g/mol. The predicted molar refractivity (Wildman–Crippen MR) is 105 cm³/mol. The monoisotopic (exact) mass is 367 g/mol. The third-order valence-corrected chi connectivity index (χ3v) is 5.45. The molecule has 1 aromatic heterocycles. The Labute approximate surface area is 154 Å². The van der Waals surface area contributed by atoms with Crippen molar-refractivity contribution in [3.8, 4) is 0 Å². The third kappa shape index (κ3) is 4.03. The van der Waals surface area contributed by atoms with Crippen molar-refractivity contribution in [3.63, 3.8) is 0 Å². The minimum absolute atomic E-state index is 0.211. The molecule has 0 amide bonds. The van der Waals surface area contributed by atoms with Gasteiger partial charge in [0.05, 0.1) is 16.8 Å². The first-order chi connectivity index (χ1) is 12.3. The Morgan fingerprint density at radius 2 is 1.50 bits per heavy atom. The molecule has 134 valence electrons. The lowest BCUT2D eigenvalue weighted by molar-refractivity contribution is 0.601. The Bertz CT molecular complexity index is 992. The standard InChI is InChI=1S/C20H21N3O2S/c1-14-7-10-18(11-8-14)26(24,25)23-19-12-9-17(13-21-19)22-20-15(2)5-4-6-16(20)3/h4-13,22H,1-3H3,(H,21,23). The molecule has 0 spiro atoms. The normalized spacial score (nSPS) is 11.2. The molecular weight excluding hydrogens is 346 g/mol. The van der Waals surface area contributed by atoms with Gasteiger partial charge < -0.3 is 5.32 Å². The Kier molecular flexibility index (Phi) is 4.95. The van der Waals surface area contributed by atoms with Gasteiger partial charge in [0.1, 0.15) is 5.82 Å². The average Bonchev–Trinajstić information content (AvgIpc) is 2.60. The predicted octanol–water partition coefficient (Wildman–Crippen LogP) is 4.55. The topological polar surface area (TPSA) is 71.1 Å². The maximum atomic E-state index is 12.4. The van der Waals surface area contributed by atoms with E-state index in [1.54, 1.807) is 42.6 Å². The maximum absolute atomic E-state index is 12.4. The van der Waals surface area contributed by atoms with E-state index in [-0.39, 0.29) is 10.7 Å². The van der Waals surface area contributed by atoms with Crippen molar-refractivity contribution in [1.29, 1.82) is 0 Å². The first-order valence-corrected chi connectivity index (χ1v) is 9.72. The van der Waals surface area contributed by atoms with Gasteiger partial charge in [-0.05, 0) is 56.2 Å². The van der Waals surface area contributed by atoms with Crippen LogP contribution in [-0.4, -0.2) is 13.4 Å². The minimum atomic E-state index is -3.65. The summed E-state index contributed by atoms with van der Waals surface area (Å²) in [5.41, 5.74) is 5.09. The molecule has 0 radical (unpaired) electrons. The van der Waals surface area contributed by atoms with Crippen molar-refractivity contribution in [1.82, 2.24) is 4.98 Å². The first kappa shape index (κ1) is 17.9. The fourth-order valence-corrected chi connectivity index (χ4v) is 3.61. The quantitative estimate of drug-likeness (QED) is 0.694. The van der Waals surface area contributed by atoms with Gasteiger partial charge in [-0.25, -0.2) is 13.4 Å². The lowest BCUT2D eigenvalue weighted by Gasteiger charge is -2.13. The zero-order valence-corrected chi connectivity index (χ0v) is 15.8. The molecule has 1 heterocycles. The number of sulfonamides is 1. The van der Waals surface area contributed by atoms with E-state index in [0.717, 1.165) is 28.1 Å². The number of benzene rings is 2. The summed E-state index contributed by atoms with van der Waals surface area (Å²) in [5.74, 6) is 0.276. The van der Waals surface area contributed by atoms with E-state index in [1.807, 2.05) is 39.0 Å². The summed E-state index contributed by atoms with van der Waals surface area (Å²) < 4.78 is 27.3. The second-order valence-corrected chi connectivity index (χ2v) is 7.92. The number of nitrogens with zero attached hydrogens (tertiary/aromatic N) is 1. The molecule has 0 aliphatic carbocycles. The molecule has 2 N–H and O–H groups in total. The van der Waals surface area contributed by atoms with Crippen LogP contribution in [0.1, 0.15) is 16.7 Å². The largest absolute Gasteiger partial charge is 0.354 e. The summed E-state index contributed by atoms with van der Waals surface area (Å²) in [6, 6.07) is 16.2. The number of rotatable bonds is 5. The number of nitrogens with one attached hydrogen (secondary N) is 2.